The Morgan fingerprint density at radius 3 is 2.84 bits per heavy atom. The van der Waals surface area contributed by atoms with Crippen LogP contribution in [0, 0.1) is 5.21 Å². The van der Waals surface area contributed by atoms with Gasteiger partial charge in [-0.2, -0.15) is 5.90 Å². The summed E-state index contributed by atoms with van der Waals surface area (Å²) in [4.78, 5) is 28.7. The maximum atomic E-state index is 13.1. The molecule has 1 aromatic carbocycles. The van der Waals surface area contributed by atoms with Gasteiger partial charge in [0.2, 0.25) is 6.04 Å². The fraction of sp³-hybridized carbons (Fsp3) is 0.500. The topological polar surface area (TPSA) is 134 Å². The average Bonchev–Trinajstić information content (AvgIpc) is 2.64. The lowest BCUT2D eigenvalue weighted by atomic mass is 9.94. The van der Waals surface area contributed by atoms with Crippen LogP contribution in [-0.2, 0) is 14.4 Å². The molecule has 2 unspecified atom stereocenters. The van der Waals surface area contributed by atoms with Crippen molar-refractivity contribution in [2.45, 2.75) is 25.8 Å². The van der Waals surface area contributed by atoms with E-state index in [-0.39, 0.29) is 30.9 Å². The van der Waals surface area contributed by atoms with E-state index >= 15 is 0 Å². The largest absolute Gasteiger partial charge is 0.619 e. The molecule has 2 rings (SSSR count). The summed E-state index contributed by atoms with van der Waals surface area (Å²) in [6, 6.07) is 3.65. The number of fused-ring (bicyclic) bond motifs is 1. The van der Waals surface area contributed by atoms with E-state index in [9.17, 15) is 14.8 Å². The number of amides is 1. The van der Waals surface area contributed by atoms with E-state index in [0.29, 0.717) is 25.3 Å². The smallest absolute Gasteiger partial charge is 0.384 e. The molecule has 0 spiro atoms. The van der Waals surface area contributed by atoms with Gasteiger partial charge in [0, 0.05) is 19.0 Å². The van der Waals surface area contributed by atoms with E-state index < -0.39 is 22.6 Å². The van der Waals surface area contributed by atoms with Crippen LogP contribution >= 0.6 is 0 Å². The van der Waals surface area contributed by atoms with E-state index in [1.54, 1.807) is 19.1 Å². The average molecular weight is 353 g/mol. The molecule has 0 aromatic heterocycles. The summed E-state index contributed by atoms with van der Waals surface area (Å²) >= 11 is 0. The van der Waals surface area contributed by atoms with Crippen LogP contribution in [0.1, 0.15) is 30.1 Å². The SMILES string of the molecule is CCCC(C(=O)ON)[N+]1([O-])C(=O)c2c(NCCOCCO)cccc21. The summed E-state index contributed by atoms with van der Waals surface area (Å²) in [5.41, 5.74) is 0.997. The molecule has 0 aliphatic carbocycles. The minimum Gasteiger partial charge on any atom is -0.619 e. The molecule has 4 N–H and O–H groups in total. The molecule has 2 atom stereocenters. The highest BCUT2D eigenvalue weighted by Crippen LogP contribution is 2.46. The number of ether oxygens (including phenoxy) is 1. The second-order valence-corrected chi connectivity index (χ2v) is 5.67. The summed E-state index contributed by atoms with van der Waals surface area (Å²) in [6.07, 6.45) is 0.724. The van der Waals surface area contributed by atoms with Crippen molar-refractivity contribution in [3.05, 3.63) is 29.0 Å². The lowest BCUT2D eigenvalue weighted by Crippen LogP contribution is -2.66. The zero-order chi connectivity index (χ0) is 18.4. The van der Waals surface area contributed by atoms with Gasteiger partial charge in [0.15, 0.2) is 11.3 Å². The van der Waals surface area contributed by atoms with Crippen molar-refractivity contribution in [3.63, 3.8) is 0 Å². The van der Waals surface area contributed by atoms with Crippen LogP contribution in [-0.4, -0.2) is 49.4 Å². The third-order valence-electron chi connectivity index (χ3n) is 4.10. The van der Waals surface area contributed by atoms with Crippen molar-refractivity contribution in [1.82, 2.24) is 4.65 Å². The number of nitrogens with one attached hydrogen (secondary N) is 1. The van der Waals surface area contributed by atoms with Gasteiger partial charge in [-0.25, -0.2) is 14.2 Å². The summed E-state index contributed by atoms with van der Waals surface area (Å²) < 4.78 is 3.76. The van der Waals surface area contributed by atoms with Crippen molar-refractivity contribution in [2.75, 3.05) is 31.7 Å². The van der Waals surface area contributed by atoms with Crippen LogP contribution in [0.3, 0.4) is 0 Å². The number of nitrogens with zero attached hydrogens (tertiary/aromatic N) is 1. The molecule has 9 nitrogen and oxygen atoms in total. The van der Waals surface area contributed by atoms with Gasteiger partial charge in [0.25, 0.3) is 0 Å². The lowest BCUT2D eigenvalue weighted by Gasteiger charge is -2.50. The number of anilines is 1. The number of hydroxylamine groups is 2. The van der Waals surface area contributed by atoms with Gasteiger partial charge >= 0.3 is 11.9 Å². The number of carbonyl (C=O) groups excluding carboxylic acids is 2. The van der Waals surface area contributed by atoms with Gasteiger partial charge in [-0.1, -0.05) is 13.0 Å². The highest BCUT2D eigenvalue weighted by atomic mass is 16.7. The zero-order valence-electron chi connectivity index (χ0n) is 14.1. The Morgan fingerprint density at radius 1 is 1.44 bits per heavy atom. The first-order chi connectivity index (χ1) is 12.0. The quantitative estimate of drug-likeness (QED) is 0.242. The molecule has 1 aliphatic rings. The van der Waals surface area contributed by atoms with Gasteiger partial charge in [0.05, 0.1) is 25.5 Å². The normalized spacial score (nSPS) is 19.8. The Balaban J connectivity index is 2.20. The molecule has 1 amide bonds. The molecule has 25 heavy (non-hydrogen) atoms. The maximum Gasteiger partial charge on any atom is 0.384 e. The van der Waals surface area contributed by atoms with Crippen molar-refractivity contribution in [2.24, 2.45) is 5.90 Å². The standard InChI is InChI=1S/C16H23N3O6/c1-2-4-13(16(22)25-17)19(23)12-6-3-5-11(14(12)15(19)21)18-7-9-24-10-8-20/h3,5-6,13,18,20H,2,4,7-10,17H2,1H3. The summed E-state index contributed by atoms with van der Waals surface area (Å²) in [5.74, 6) is 3.33. The number of rotatable bonds is 10. The fourth-order valence-electron chi connectivity index (χ4n) is 2.95. The summed E-state index contributed by atoms with van der Waals surface area (Å²) in [6.45, 7) is 2.72. The third kappa shape index (κ3) is 3.51. The monoisotopic (exact) mass is 353 g/mol. The first kappa shape index (κ1) is 19.3. The highest BCUT2D eigenvalue weighted by molar-refractivity contribution is 6.21. The molecule has 0 radical (unpaired) electrons. The van der Waals surface area contributed by atoms with Gasteiger partial charge in [0.1, 0.15) is 0 Å². The molecule has 0 bridgehead atoms. The molecule has 1 heterocycles. The number of hydrogen-bond donors (Lipinski definition) is 3. The molecule has 1 aliphatic heterocycles. The van der Waals surface area contributed by atoms with Crippen LogP contribution in [0.15, 0.2) is 18.2 Å². The van der Waals surface area contributed by atoms with Crippen molar-refractivity contribution < 1.29 is 24.3 Å². The van der Waals surface area contributed by atoms with Crippen LogP contribution in [0.2, 0.25) is 0 Å². The summed E-state index contributed by atoms with van der Waals surface area (Å²) in [7, 11) is 0. The van der Waals surface area contributed by atoms with E-state index in [4.69, 9.17) is 15.7 Å². The Hall–Kier alpha value is -2.04. The van der Waals surface area contributed by atoms with E-state index in [1.165, 1.54) is 6.07 Å². The molecule has 1 aromatic rings. The number of carbonyl (C=O) groups is 2. The third-order valence-corrected chi connectivity index (χ3v) is 4.10. The summed E-state index contributed by atoms with van der Waals surface area (Å²) in [5, 5.41) is 24.8. The Bertz CT molecular complexity index is 638. The molecule has 0 saturated heterocycles. The second kappa shape index (κ2) is 8.37. The molecular weight excluding hydrogens is 330 g/mol. The second-order valence-electron chi connectivity index (χ2n) is 5.67. The van der Waals surface area contributed by atoms with Gasteiger partial charge in [-0.15, -0.1) is 0 Å². The van der Waals surface area contributed by atoms with E-state index in [2.05, 4.69) is 10.2 Å². The predicted octanol–water partition coefficient (Wildman–Crippen LogP) is 0.652. The number of hydrogen-bond acceptors (Lipinski definition) is 8. The van der Waals surface area contributed by atoms with Crippen molar-refractivity contribution >= 4 is 23.3 Å². The van der Waals surface area contributed by atoms with E-state index in [0.717, 1.165) is 0 Å². The Labute approximate surface area is 145 Å². The minimum absolute atomic E-state index is 0.0640. The number of quaternary nitrogens is 1. The molecular formula is C16H23N3O6. The molecule has 0 saturated carbocycles. The Kier molecular flexibility index (Phi) is 6.45. The molecule has 138 valence electrons. The van der Waals surface area contributed by atoms with Crippen LogP contribution < -0.4 is 15.9 Å². The van der Waals surface area contributed by atoms with Gasteiger partial charge in [-0.05, 0) is 12.5 Å². The highest BCUT2D eigenvalue weighted by Gasteiger charge is 2.55. The molecule has 9 heteroatoms. The number of benzene rings is 1. The van der Waals surface area contributed by atoms with Crippen molar-refractivity contribution in [3.8, 4) is 0 Å². The van der Waals surface area contributed by atoms with Crippen molar-refractivity contribution in [1.29, 1.82) is 0 Å². The van der Waals surface area contributed by atoms with Crippen LogP contribution in [0.4, 0.5) is 11.4 Å². The lowest BCUT2D eigenvalue weighted by molar-refractivity contribution is -0.149. The molecule has 0 fully saturated rings. The Morgan fingerprint density at radius 2 is 2.20 bits per heavy atom. The van der Waals surface area contributed by atoms with Gasteiger partial charge in [-0.3, -0.25) is 0 Å². The minimum atomic E-state index is -1.38. The number of aliphatic hydroxyl groups is 1. The fourth-order valence-corrected chi connectivity index (χ4v) is 2.95. The van der Waals surface area contributed by atoms with Gasteiger partial charge < -0.3 is 25.2 Å². The van der Waals surface area contributed by atoms with E-state index in [1.807, 2.05) is 0 Å². The maximum absolute atomic E-state index is 13.1. The number of nitrogens with two attached hydrogens (primary N) is 1. The first-order valence-corrected chi connectivity index (χ1v) is 8.13. The van der Waals surface area contributed by atoms with Crippen LogP contribution in [0.25, 0.3) is 0 Å². The first-order valence-electron chi connectivity index (χ1n) is 8.13. The van der Waals surface area contributed by atoms with Crippen LogP contribution in [0.5, 0.6) is 0 Å². The zero-order valence-corrected chi connectivity index (χ0v) is 14.1. The predicted molar refractivity (Wildman–Crippen MR) is 91.3 cm³/mol. The number of aliphatic hydroxyl groups excluding tert-OH is 1.